The summed E-state index contributed by atoms with van der Waals surface area (Å²) in [5.74, 6) is 0.107. The molecule has 0 unspecified atom stereocenters. The molecule has 1 aliphatic rings. The lowest BCUT2D eigenvalue weighted by Gasteiger charge is -2.12. The Labute approximate surface area is 139 Å². The Morgan fingerprint density at radius 1 is 1.33 bits per heavy atom. The van der Waals surface area contributed by atoms with Crippen molar-refractivity contribution in [2.45, 2.75) is 19.3 Å². The molecule has 1 heterocycles. The fourth-order valence-electron chi connectivity index (χ4n) is 3.13. The third-order valence-electron chi connectivity index (χ3n) is 4.33. The SMILES string of the molecule is NC(=O)c1cc([N+](=O)[O-])cnc1NCCC1Cc2ccccc2C1. The Balaban J connectivity index is 1.61. The number of rotatable bonds is 6. The summed E-state index contributed by atoms with van der Waals surface area (Å²) >= 11 is 0. The first-order chi connectivity index (χ1) is 11.5. The molecule has 0 bridgehead atoms. The summed E-state index contributed by atoms with van der Waals surface area (Å²) in [6.07, 6.45) is 4.15. The highest BCUT2D eigenvalue weighted by Gasteiger charge is 2.21. The minimum absolute atomic E-state index is 0.0407. The molecule has 0 saturated carbocycles. The summed E-state index contributed by atoms with van der Waals surface area (Å²) in [6.45, 7) is 0.629. The van der Waals surface area contributed by atoms with E-state index in [9.17, 15) is 14.9 Å². The Kier molecular flexibility index (Phi) is 4.41. The van der Waals surface area contributed by atoms with Gasteiger partial charge in [0.05, 0.1) is 10.5 Å². The number of amides is 1. The van der Waals surface area contributed by atoms with Gasteiger partial charge in [0.25, 0.3) is 11.6 Å². The van der Waals surface area contributed by atoms with E-state index in [1.54, 1.807) is 0 Å². The molecule has 1 aromatic heterocycles. The van der Waals surface area contributed by atoms with Crippen LogP contribution in [0.15, 0.2) is 36.5 Å². The molecule has 1 aliphatic carbocycles. The number of benzene rings is 1. The zero-order valence-electron chi connectivity index (χ0n) is 13.1. The lowest BCUT2D eigenvalue weighted by Crippen LogP contribution is -2.17. The van der Waals surface area contributed by atoms with Crippen molar-refractivity contribution in [1.82, 2.24) is 4.98 Å². The molecule has 0 spiro atoms. The molecule has 0 radical (unpaired) electrons. The normalized spacial score (nSPS) is 13.5. The van der Waals surface area contributed by atoms with E-state index >= 15 is 0 Å². The third-order valence-corrected chi connectivity index (χ3v) is 4.33. The second-order valence-corrected chi connectivity index (χ2v) is 5.97. The summed E-state index contributed by atoms with van der Waals surface area (Å²) in [6, 6.07) is 9.58. The van der Waals surface area contributed by atoms with Crippen molar-refractivity contribution in [3.05, 3.63) is 63.3 Å². The average Bonchev–Trinajstić information content (AvgIpc) is 2.97. The molecule has 0 atom stereocenters. The van der Waals surface area contributed by atoms with E-state index in [0.29, 0.717) is 18.3 Å². The topological polar surface area (TPSA) is 111 Å². The van der Waals surface area contributed by atoms with Gasteiger partial charge in [-0.2, -0.15) is 0 Å². The lowest BCUT2D eigenvalue weighted by molar-refractivity contribution is -0.385. The Bertz CT molecular complexity index is 766. The van der Waals surface area contributed by atoms with E-state index in [0.717, 1.165) is 31.5 Å². The highest BCUT2D eigenvalue weighted by atomic mass is 16.6. The number of nitrogens with two attached hydrogens (primary N) is 1. The highest BCUT2D eigenvalue weighted by molar-refractivity contribution is 5.98. The van der Waals surface area contributed by atoms with Crippen LogP contribution in [-0.4, -0.2) is 22.4 Å². The monoisotopic (exact) mass is 326 g/mol. The number of pyridine rings is 1. The molecule has 1 amide bonds. The smallest absolute Gasteiger partial charge is 0.288 e. The predicted molar refractivity (Wildman–Crippen MR) is 89.9 cm³/mol. The number of carbonyl (C=O) groups excluding carboxylic acids is 1. The summed E-state index contributed by atoms with van der Waals surface area (Å²) in [7, 11) is 0. The maximum absolute atomic E-state index is 11.5. The van der Waals surface area contributed by atoms with Crippen molar-refractivity contribution >= 4 is 17.4 Å². The van der Waals surface area contributed by atoms with Crippen LogP contribution in [0.1, 0.15) is 27.9 Å². The predicted octanol–water partition coefficient (Wildman–Crippen LogP) is 2.31. The van der Waals surface area contributed by atoms with Crippen LogP contribution < -0.4 is 11.1 Å². The van der Waals surface area contributed by atoms with Gasteiger partial charge >= 0.3 is 0 Å². The number of hydrogen-bond donors (Lipinski definition) is 2. The van der Waals surface area contributed by atoms with Crippen LogP contribution in [0.2, 0.25) is 0 Å². The van der Waals surface area contributed by atoms with Gasteiger partial charge < -0.3 is 11.1 Å². The van der Waals surface area contributed by atoms with Crippen molar-refractivity contribution in [2.75, 3.05) is 11.9 Å². The van der Waals surface area contributed by atoms with Crippen LogP contribution in [-0.2, 0) is 12.8 Å². The van der Waals surface area contributed by atoms with Crippen LogP contribution in [0.25, 0.3) is 0 Å². The van der Waals surface area contributed by atoms with Crippen LogP contribution >= 0.6 is 0 Å². The van der Waals surface area contributed by atoms with Gasteiger partial charge in [-0.1, -0.05) is 24.3 Å². The van der Waals surface area contributed by atoms with Crippen LogP contribution in [0.3, 0.4) is 0 Å². The molecule has 0 saturated heterocycles. The van der Waals surface area contributed by atoms with E-state index in [4.69, 9.17) is 5.73 Å². The minimum atomic E-state index is -0.734. The Morgan fingerprint density at radius 3 is 2.58 bits per heavy atom. The molecule has 0 aliphatic heterocycles. The molecule has 124 valence electrons. The van der Waals surface area contributed by atoms with Crippen molar-refractivity contribution < 1.29 is 9.72 Å². The van der Waals surface area contributed by atoms with E-state index in [-0.39, 0.29) is 11.3 Å². The van der Waals surface area contributed by atoms with Crippen LogP contribution in [0, 0.1) is 16.0 Å². The van der Waals surface area contributed by atoms with Crippen molar-refractivity contribution in [3.8, 4) is 0 Å². The fourth-order valence-corrected chi connectivity index (χ4v) is 3.13. The molecule has 7 nitrogen and oxygen atoms in total. The quantitative estimate of drug-likeness (QED) is 0.625. The largest absolute Gasteiger partial charge is 0.369 e. The maximum atomic E-state index is 11.5. The number of nitrogens with zero attached hydrogens (tertiary/aromatic N) is 2. The van der Waals surface area contributed by atoms with E-state index in [1.165, 1.54) is 11.1 Å². The zero-order valence-corrected chi connectivity index (χ0v) is 13.1. The van der Waals surface area contributed by atoms with Crippen molar-refractivity contribution in [3.63, 3.8) is 0 Å². The summed E-state index contributed by atoms with van der Waals surface area (Å²) < 4.78 is 0. The molecule has 7 heteroatoms. The van der Waals surface area contributed by atoms with Gasteiger partial charge in [0.1, 0.15) is 12.0 Å². The molecular weight excluding hydrogens is 308 g/mol. The first-order valence-corrected chi connectivity index (χ1v) is 7.79. The Morgan fingerprint density at radius 2 is 2.00 bits per heavy atom. The van der Waals surface area contributed by atoms with Crippen LogP contribution in [0.5, 0.6) is 0 Å². The number of nitrogens with one attached hydrogen (secondary N) is 1. The number of aromatic nitrogens is 1. The first-order valence-electron chi connectivity index (χ1n) is 7.79. The molecule has 3 N–H and O–H groups in total. The number of primary amides is 1. The van der Waals surface area contributed by atoms with Gasteiger partial charge in [0.15, 0.2) is 0 Å². The van der Waals surface area contributed by atoms with Gasteiger partial charge in [-0.15, -0.1) is 0 Å². The fraction of sp³-hybridized carbons (Fsp3) is 0.294. The summed E-state index contributed by atoms with van der Waals surface area (Å²) in [5, 5.41) is 13.9. The average molecular weight is 326 g/mol. The van der Waals surface area contributed by atoms with Gasteiger partial charge in [-0.25, -0.2) is 4.98 Å². The number of hydrogen-bond acceptors (Lipinski definition) is 5. The summed E-state index contributed by atoms with van der Waals surface area (Å²) in [5.41, 5.74) is 7.88. The van der Waals surface area contributed by atoms with Gasteiger partial charge in [0, 0.05) is 12.6 Å². The Hall–Kier alpha value is -2.96. The van der Waals surface area contributed by atoms with E-state index in [2.05, 4.69) is 34.6 Å². The highest BCUT2D eigenvalue weighted by Crippen LogP contribution is 2.28. The number of fused-ring (bicyclic) bond motifs is 1. The van der Waals surface area contributed by atoms with Crippen LogP contribution in [0.4, 0.5) is 11.5 Å². The van der Waals surface area contributed by atoms with Gasteiger partial charge in [-0.05, 0) is 36.3 Å². The maximum Gasteiger partial charge on any atom is 0.288 e. The molecule has 24 heavy (non-hydrogen) atoms. The molecule has 0 fully saturated rings. The first kappa shape index (κ1) is 15.9. The standard InChI is InChI=1S/C17H18N4O3/c18-16(22)15-9-14(21(23)24)10-20-17(15)19-6-5-11-7-12-3-1-2-4-13(12)8-11/h1-4,9-11H,5-8H2,(H2,18,22)(H,19,20). The minimum Gasteiger partial charge on any atom is -0.369 e. The number of nitro groups is 1. The number of carbonyl (C=O) groups is 1. The van der Waals surface area contributed by atoms with Gasteiger partial charge in [-0.3, -0.25) is 14.9 Å². The molecule has 3 rings (SSSR count). The third kappa shape index (κ3) is 3.34. The zero-order chi connectivity index (χ0) is 17.1. The summed E-state index contributed by atoms with van der Waals surface area (Å²) in [4.78, 5) is 25.6. The second kappa shape index (κ2) is 6.66. The van der Waals surface area contributed by atoms with E-state index < -0.39 is 10.8 Å². The lowest BCUT2D eigenvalue weighted by atomic mass is 10.0. The van der Waals surface area contributed by atoms with Crippen molar-refractivity contribution in [2.24, 2.45) is 11.7 Å². The second-order valence-electron chi connectivity index (χ2n) is 5.97. The molecular formula is C17H18N4O3. The number of anilines is 1. The van der Waals surface area contributed by atoms with Gasteiger partial charge in [0.2, 0.25) is 0 Å². The van der Waals surface area contributed by atoms with E-state index in [1.807, 2.05) is 0 Å². The van der Waals surface area contributed by atoms with Crippen molar-refractivity contribution in [1.29, 1.82) is 0 Å². The molecule has 2 aromatic rings. The molecule has 1 aromatic carbocycles.